The van der Waals surface area contributed by atoms with Gasteiger partial charge in [-0.25, -0.2) is 17.5 Å². The topological polar surface area (TPSA) is 149 Å². The molecule has 184 valence electrons. The second-order valence-corrected chi connectivity index (χ2v) is 10.1. The van der Waals surface area contributed by atoms with Gasteiger partial charge in [0, 0.05) is 44.0 Å². The molecule has 35 heavy (non-hydrogen) atoms. The highest BCUT2D eigenvalue weighted by molar-refractivity contribution is 7.89. The highest BCUT2D eigenvalue weighted by Gasteiger charge is 2.43. The molecule has 2 aliphatic heterocycles. The molecule has 3 aromatic rings. The number of fused-ring (bicyclic) bond motifs is 2. The van der Waals surface area contributed by atoms with Gasteiger partial charge in [0.2, 0.25) is 16.4 Å². The number of hydrogen-bond acceptors (Lipinski definition) is 8. The van der Waals surface area contributed by atoms with Crippen LogP contribution in [-0.2, 0) is 17.1 Å². The number of halogens is 1. The summed E-state index contributed by atoms with van der Waals surface area (Å²) in [5, 5.41) is 6.19. The van der Waals surface area contributed by atoms with Gasteiger partial charge in [-0.05, 0) is 30.7 Å². The van der Waals surface area contributed by atoms with E-state index in [4.69, 9.17) is 4.74 Å². The molecule has 1 saturated heterocycles. The predicted molar refractivity (Wildman–Crippen MR) is 118 cm³/mol. The van der Waals surface area contributed by atoms with Crippen molar-refractivity contribution in [3.05, 3.63) is 53.7 Å². The second kappa shape index (κ2) is 8.46. The zero-order valence-corrected chi connectivity index (χ0v) is 19.5. The van der Waals surface area contributed by atoms with Crippen molar-refractivity contribution in [3.8, 4) is 5.75 Å². The van der Waals surface area contributed by atoms with Gasteiger partial charge in [0.1, 0.15) is 10.7 Å². The Morgan fingerprint density at radius 2 is 2.09 bits per heavy atom. The van der Waals surface area contributed by atoms with Gasteiger partial charge in [0.15, 0.2) is 11.4 Å². The zero-order valence-electron chi connectivity index (χ0n) is 18.7. The molecule has 0 saturated carbocycles. The fraction of sp³-hybridized carbons (Fsp3) is 0.333. The van der Waals surface area contributed by atoms with Gasteiger partial charge in [0.05, 0.1) is 6.61 Å². The van der Waals surface area contributed by atoms with E-state index in [9.17, 15) is 22.4 Å². The van der Waals surface area contributed by atoms with E-state index >= 15 is 0 Å². The van der Waals surface area contributed by atoms with Gasteiger partial charge in [-0.15, -0.1) is 0 Å². The minimum absolute atomic E-state index is 0.0106. The third-order valence-electron chi connectivity index (χ3n) is 6.05. The van der Waals surface area contributed by atoms with Crippen LogP contribution in [0.1, 0.15) is 26.7 Å². The SMILES string of the molecule is Cc1cc(NC(=O)c2c3c(cn2C)S(=O)(=O)N[C@@H]2CN(C(=O)c4ncon4)C[C@@H]2CO3)ccc1F. The average Bonchev–Trinajstić information content (AvgIpc) is 3.53. The number of carbonyl (C=O) groups is 2. The summed E-state index contributed by atoms with van der Waals surface area (Å²) in [7, 11) is -2.56. The van der Waals surface area contributed by atoms with Crippen molar-refractivity contribution in [1.82, 2.24) is 24.3 Å². The molecular weight excluding hydrogens is 483 g/mol. The molecule has 2 atom stereocenters. The molecule has 0 bridgehead atoms. The highest BCUT2D eigenvalue weighted by atomic mass is 32.2. The maximum atomic E-state index is 13.6. The van der Waals surface area contributed by atoms with Crippen LogP contribution in [0.25, 0.3) is 0 Å². The summed E-state index contributed by atoms with van der Waals surface area (Å²) < 4.78 is 54.5. The molecule has 12 nitrogen and oxygen atoms in total. The van der Waals surface area contributed by atoms with Gasteiger partial charge in [0.25, 0.3) is 17.6 Å². The Balaban J connectivity index is 1.42. The van der Waals surface area contributed by atoms with Crippen LogP contribution in [0, 0.1) is 18.7 Å². The third-order valence-corrected chi connectivity index (χ3v) is 7.53. The molecule has 2 aromatic heterocycles. The first-order chi connectivity index (χ1) is 16.6. The van der Waals surface area contributed by atoms with Crippen molar-refractivity contribution < 1.29 is 31.7 Å². The number of aromatic nitrogens is 3. The molecule has 2 N–H and O–H groups in total. The summed E-state index contributed by atoms with van der Waals surface area (Å²) in [6, 6.07) is 3.50. The first-order valence-corrected chi connectivity index (χ1v) is 12.1. The highest BCUT2D eigenvalue weighted by Crippen LogP contribution is 2.35. The van der Waals surface area contributed by atoms with Gasteiger partial charge in [-0.1, -0.05) is 5.16 Å². The molecule has 2 aliphatic rings. The second-order valence-electron chi connectivity index (χ2n) is 8.46. The summed E-state index contributed by atoms with van der Waals surface area (Å²) in [6.07, 6.45) is 2.33. The Kier molecular flexibility index (Phi) is 5.56. The number of carbonyl (C=O) groups excluding carboxylic acids is 2. The molecule has 0 unspecified atom stereocenters. The number of nitrogens with one attached hydrogen (secondary N) is 2. The summed E-state index contributed by atoms with van der Waals surface area (Å²) in [5.74, 6) is -2.13. The molecule has 2 amide bonds. The van der Waals surface area contributed by atoms with Crippen LogP contribution in [0.3, 0.4) is 0 Å². The maximum Gasteiger partial charge on any atom is 0.295 e. The number of likely N-dealkylation sites (tertiary alicyclic amines) is 1. The van der Waals surface area contributed by atoms with E-state index in [0.29, 0.717) is 11.3 Å². The zero-order chi connectivity index (χ0) is 24.9. The van der Waals surface area contributed by atoms with Crippen molar-refractivity contribution >= 4 is 27.5 Å². The van der Waals surface area contributed by atoms with Crippen molar-refractivity contribution in [1.29, 1.82) is 0 Å². The van der Waals surface area contributed by atoms with Crippen molar-refractivity contribution in [2.45, 2.75) is 17.9 Å². The molecule has 4 heterocycles. The quantitative estimate of drug-likeness (QED) is 0.535. The number of sulfonamides is 1. The van der Waals surface area contributed by atoms with Crippen molar-refractivity contribution in [3.63, 3.8) is 0 Å². The van der Waals surface area contributed by atoms with Crippen LogP contribution in [0.2, 0.25) is 0 Å². The van der Waals surface area contributed by atoms with Crippen molar-refractivity contribution in [2.75, 3.05) is 25.0 Å². The van der Waals surface area contributed by atoms with E-state index in [1.54, 1.807) is 6.92 Å². The van der Waals surface area contributed by atoms with E-state index in [-0.39, 0.29) is 47.8 Å². The van der Waals surface area contributed by atoms with Gasteiger partial charge in [-0.2, -0.15) is 4.98 Å². The van der Waals surface area contributed by atoms with Crippen molar-refractivity contribution in [2.24, 2.45) is 13.0 Å². The smallest absolute Gasteiger partial charge is 0.295 e. The van der Waals surface area contributed by atoms with Crippen LogP contribution in [0.4, 0.5) is 10.1 Å². The standard InChI is InChI=1S/C21H21FN6O6S/c1-11-5-13(3-4-14(11)22)24-20(29)17-18-16(8-27(17)2)35(31,32)26-15-7-28(6-12(15)9-33-18)21(30)19-23-10-34-25-19/h3-5,8,10,12,15,26H,6-7,9H2,1-2H3,(H,24,29)/t12-,15-/m1/s1. The normalized spacial score (nSPS) is 20.8. The van der Waals surface area contributed by atoms with E-state index in [0.717, 1.165) is 6.39 Å². The molecule has 14 heteroatoms. The first kappa shape index (κ1) is 23.0. The average molecular weight is 505 g/mol. The number of amides is 2. The fourth-order valence-electron chi connectivity index (χ4n) is 4.28. The predicted octanol–water partition coefficient (Wildman–Crippen LogP) is 0.919. The number of nitrogens with zero attached hydrogens (tertiary/aromatic N) is 4. The molecule has 1 aromatic carbocycles. The molecule has 0 radical (unpaired) electrons. The van der Waals surface area contributed by atoms with E-state index in [2.05, 4.69) is 24.7 Å². The van der Waals surface area contributed by atoms with E-state index < -0.39 is 33.7 Å². The molecule has 1 fully saturated rings. The summed E-state index contributed by atoms with van der Waals surface area (Å²) in [5.41, 5.74) is 0.686. The van der Waals surface area contributed by atoms with Crippen LogP contribution in [0.15, 0.2) is 40.2 Å². The van der Waals surface area contributed by atoms with E-state index in [1.807, 2.05) is 0 Å². The minimum Gasteiger partial charge on any atom is -0.489 e. The largest absolute Gasteiger partial charge is 0.489 e. The number of anilines is 1. The monoisotopic (exact) mass is 504 g/mol. The lowest BCUT2D eigenvalue weighted by Gasteiger charge is -2.23. The minimum atomic E-state index is -4.09. The number of rotatable bonds is 3. The number of benzene rings is 1. The lowest BCUT2D eigenvalue weighted by atomic mass is 10.1. The van der Waals surface area contributed by atoms with Crippen LogP contribution >= 0.6 is 0 Å². The van der Waals surface area contributed by atoms with Gasteiger partial charge in [-0.3, -0.25) is 9.59 Å². The Morgan fingerprint density at radius 1 is 1.29 bits per heavy atom. The molecule has 5 rings (SSSR count). The fourth-order valence-corrected chi connectivity index (χ4v) is 5.77. The lowest BCUT2D eigenvalue weighted by Crippen LogP contribution is -2.43. The number of aryl methyl sites for hydroxylation is 2. The summed E-state index contributed by atoms with van der Waals surface area (Å²) >= 11 is 0. The molecule has 0 spiro atoms. The van der Waals surface area contributed by atoms with Gasteiger partial charge < -0.3 is 24.0 Å². The maximum absolute atomic E-state index is 13.6. The van der Waals surface area contributed by atoms with Crippen LogP contribution < -0.4 is 14.8 Å². The Morgan fingerprint density at radius 3 is 2.80 bits per heavy atom. The molecule has 0 aliphatic carbocycles. The van der Waals surface area contributed by atoms with Crippen LogP contribution in [-0.4, -0.2) is 65.6 Å². The molecular formula is C21H21FN6O6S. The first-order valence-electron chi connectivity index (χ1n) is 10.6. The Labute approximate surface area is 199 Å². The lowest BCUT2D eigenvalue weighted by molar-refractivity contribution is 0.0766. The van der Waals surface area contributed by atoms with E-state index in [1.165, 1.54) is 40.9 Å². The summed E-state index contributed by atoms with van der Waals surface area (Å²) in [4.78, 5) is 30.7. The number of hydrogen-bond donors (Lipinski definition) is 2. The Hall–Kier alpha value is -3.78. The Bertz CT molecular complexity index is 1420. The van der Waals surface area contributed by atoms with Gasteiger partial charge >= 0.3 is 0 Å². The van der Waals surface area contributed by atoms with Crippen LogP contribution in [0.5, 0.6) is 5.75 Å². The third kappa shape index (κ3) is 4.14. The number of ether oxygens (including phenoxy) is 1. The summed E-state index contributed by atoms with van der Waals surface area (Å²) in [6.45, 7) is 1.91.